The quantitative estimate of drug-likeness (QED) is 0.165. The third-order valence-electron chi connectivity index (χ3n) is 7.46. The van der Waals surface area contributed by atoms with Gasteiger partial charge < -0.3 is 20.1 Å². The van der Waals surface area contributed by atoms with Crippen molar-refractivity contribution in [3.05, 3.63) is 82.3 Å². The molecule has 47 heavy (non-hydrogen) atoms. The van der Waals surface area contributed by atoms with Gasteiger partial charge in [0.2, 0.25) is 21.9 Å². The Bertz CT molecular complexity index is 2080. The maximum Gasteiger partial charge on any atom is 0.407 e. The number of alkyl halides is 1. The number of fused-ring (bicyclic) bond motifs is 1. The first kappa shape index (κ1) is 32.0. The molecule has 2 atom stereocenters. The fourth-order valence-corrected chi connectivity index (χ4v) is 7.23. The van der Waals surface area contributed by atoms with Crippen LogP contribution in [0.2, 0.25) is 0 Å². The molecule has 6 rings (SSSR count). The third-order valence-corrected chi connectivity index (χ3v) is 9.48. The molecule has 0 saturated carbocycles. The maximum atomic E-state index is 15.2. The number of benzene rings is 2. The number of ether oxygens (including phenoxy) is 1. The number of rotatable bonds is 9. The fraction of sp³-hybridized carbons (Fsp3) is 0.258. The van der Waals surface area contributed by atoms with Crippen molar-refractivity contribution in [3.8, 4) is 22.9 Å². The van der Waals surface area contributed by atoms with Gasteiger partial charge in [-0.25, -0.2) is 41.9 Å². The number of nitrogens with zero attached hydrogens (tertiary/aromatic N) is 5. The summed E-state index contributed by atoms with van der Waals surface area (Å²) in [6, 6.07) is 10.5. The van der Waals surface area contributed by atoms with E-state index in [4.69, 9.17) is 4.74 Å². The van der Waals surface area contributed by atoms with Crippen LogP contribution >= 0.6 is 11.3 Å². The van der Waals surface area contributed by atoms with Gasteiger partial charge in [0.05, 0.1) is 34.2 Å². The lowest BCUT2D eigenvalue weighted by atomic mass is 10.0. The molecule has 1 aliphatic rings. The minimum atomic E-state index is -4.01. The SMILES string of the molecule is Cc1nc(CS(=O)(=O)Nc2c(F)ccc3c(Oc4ncccc4-c4ccnc(NC5CC(F)CN(C(=O)O)C5)n4)c(C)ccc23)cs1. The Morgan fingerprint density at radius 3 is 2.66 bits per heavy atom. The van der Waals surface area contributed by atoms with Gasteiger partial charge in [0, 0.05) is 47.6 Å². The molecule has 16 heteroatoms. The van der Waals surface area contributed by atoms with Crippen LogP contribution in [0, 0.1) is 19.7 Å². The number of carbonyl (C=O) groups is 1. The molecule has 2 unspecified atom stereocenters. The van der Waals surface area contributed by atoms with E-state index in [1.54, 1.807) is 49.6 Å². The minimum absolute atomic E-state index is 0.0776. The molecule has 0 radical (unpaired) electrons. The van der Waals surface area contributed by atoms with E-state index in [9.17, 15) is 22.7 Å². The summed E-state index contributed by atoms with van der Waals surface area (Å²) in [6.07, 6.45) is 0.608. The average molecular weight is 682 g/mol. The predicted molar refractivity (Wildman–Crippen MR) is 174 cm³/mol. The summed E-state index contributed by atoms with van der Waals surface area (Å²) >= 11 is 1.32. The number of sulfonamides is 1. The largest absolute Gasteiger partial charge is 0.465 e. The van der Waals surface area contributed by atoms with Crippen LogP contribution in [-0.2, 0) is 15.8 Å². The third kappa shape index (κ3) is 7.23. The van der Waals surface area contributed by atoms with Crippen LogP contribution < -0.4 is 14.8 Å². The van der Waals surface area contributed by atoms with E-state index >= 15 is 4.39 Å². The number of hydrogen-bond acceptors (Lipinski definition) is 10. The van der Waals surface area contributed by atoms with Crippen molar-refractivity contribution in [1.29, 1.82) is 0 Å². The number of amides is 1. The number of aryl methyl sites for hydroxylation is 2. The van der Waals surface area contributed by atoms with Gasteiger partial charge in [-0.3, -0.25) is 4.72 Å². The Hall–Kier alpha value is -4.96. The summed E-state index contributed by atoms with van der Waals surface area (Å²) in [5.41, 5.74) is 1.72. The number of likely N-dealkylation sites (tertiary alicyclic amines) is 1. The van der Waals surface area contributed by atoms with Crippen molar-refractivity contribution in [2.24, 2.45) is 0 Å². The Morgan fingerprint density at radius 2 is 1.89 bits per heavy atom. The summed E-state index contributed by atoms with van der Waals surface area (Å²) in [6.45, 7) is 3.45. The molecule has 3 N–H and O–H groups in total. The molecule has 5 aromatic rings. The van der Waals surface area contributed by atoms with Gasteiger partial charge in [-0.2, -0.15) is 0 Å². The number of piperidine rings is 1. The van der Waals surface area contributed by atoms with E-state index in [1.165, 1.54) is 35.9 Å². The summed E-state index contributed by atoms with van der Waals surface area (Å²) < 4.78 is 64.2. The van der Waals surface area contributed by atoms with Crippen LogP contribution in [0.25, 0.3) is 22.0 Å². The lowest BCUT2D eigenvalue weighted by molar-refractivity contribution is 0.102. The predicted octanol–water partition coefficient (Wildman–Crippen LogP) is 6.14. The van der Waals surface area contributed by atoms with Crippen LogP contribution in [0.1, 0.15) is 22.7 Å². The van der Waals surface area contributed by atoms with Crippen LogP contribution in [0.15, 0.2) is 60.2 Å². The second-order valence-corrected chi connectivity index (χ2v) is 13.8. The lowest BCUT2D eigenvalue weighted by Crippen LogP contribution is -2.49. The molecule has 0 spiro atoms. The second-order valence-electron chi connectivity index (χ2n) is 11.0. The van der Waals surface area contributed by atoms with Gasteiger partial charge in [0.25, 0.3) is 0 Å². The smallest absolute Gasteiger partial charge is 0.407 e. The molecule has 0 bridgehead atoms. The maximum absolute atomic E-state index is 15.2. The minimum Gasteiger partial charge on any atom is -0.465 e. The zero-order chi connectivity index (χ0) is 33.3. The normalized spacial score (nSPS) is 16.6. The number of pyridine rings is 1. The summed E-state index contributed by atoms with van der Waals surface area (Å²) in [5.74, 6) is -0.508. The molecule has 3 aromatic heterocycles. The molecule has 12 nitrogen and oxygen atoms in total. The van der Waals surface area contributed by atoms with Crippen LogP contribution in [0.5, 0.6) is 11.6 Å². The zero-order valence-electron chi connectivity index (χ0n) is 25.1. The van der Waals surface area contributed by atoms with E-state index in [0.29, 0.717) is 33.7 Å². The Labute approximate surface area is 272 Å². The first-order valence-electron chi connectivity index (χ1n) is 14.4. The van der Waals surface area contributed by atoms with E-state index in [0.717, 1.165) is 9.91 Å². The highest BCUT2D eigenvalue weighted by Crippen LogP contribution is 2.40. The van der Waals surface area contributed by atoms with Gasteiger partial charge in [0.15, 0.2) is 0 Å². The van der Waals surface area contributed by atoms with Crippen molar-refractivity contribution in [2.75, 3.05) is 23.1 Å². The van der Waals surface area contributed by atoms with Gasteiger partial charge in [-0.15, -0.1) is 11.3 Å². The molecule has 244 valence electrons. The number of nitrogens with one attached hydrogen (secondary N) is 2. The number of anilines is 2. The van der Waals surface area contributed by atoms with Gasteiger partial charge in [-0.05, 0) is 49.7 Å². The summed E-state index contributed by atoms with van der Waals surface area (Å²) in [5, 5.41) is 15.5. The van der Waals surface area contributed by atoms with E-state index < -0.39 is 39.9 Å². The standard InChI is InChI=1S/C31H29F2N7O5S2/c1-17-5-6-22-23(7-8-25(33)27(22)39-47(43,44)16-21-15-46-18(2)36-21)28(17)45-29-24(4-3-10-34-29)26-9-11-35-30(38-26)37-20-12-19(32)13-40(14-20)31(41)42/h3-11,15,19-20,39H,12-14,16H2,1-2H3,(H,41,42)(H,35,37,38). The van der Waals surface area contributed by atoms with Crippen molar-refractivity contribution in [3.63, 3.8) is 0 Å². The van der Waals surface area contributed by atoms with Crippen molar-refractivity contribution < 1.29 is 31.8 Å². The topological polar surface area (TPSA) is 160 Å². The summed E-state index contributed by atoms with van der Waals surface area (Å²) in [7, 11) is -4.01. The van der Waals surface area contributed by atoms with Crippen LogP contribution in [-0.4, -0.2) is 69.8 Å². The molecule has 0 aliphatic carbocycles. The number of halogens is 2. The molecule has 2 aromatic carbocycles. The van der Waals surface area contributed by atoms with E-state index in [2.05, 4.69) is 30.0 Å². The number of carboxylic acid groups (broad SMARTS) is 1. The Balaban J connectivity index is 1.30. The number of thiazole rings is 1. The Kier molecular flexibility index (Phi) is 8.88. The molecule has 1 aliphatic heterocycles. The average Bonchev–Trinajstić information content (AvgIpc) is 3.43. The lowest BCUT2D eigenvalue weighted by Gasteiger charge is -2.33. The molecule has 4 heterocycles. The van der Waals surface area contributed by atoms with Gasteiger partial charge in [-0.1, -0.05) is 12.1 Å². The van der Waals surface area contributed by atoms with E-state index in [1.807, 2.05) is 0 Å². The molecular weight excluding hydrogens is 653 g/mol. The molecule has 1 fully saturated rings. The van der Waals surface area contributed by atoms with E-state index in [-0.39, 0.29) is 42.4 Å². The second kappa shape index (κ2) is 13.0. The molecular formula is C31H29F2N7O5S2. The number of aromatic nitrogens is 4. The monoisotopic (exact) mass is 681 g/mol. The fourth-order valence-electron chi connectivity index (χ4n) is 5.38. The van der Waals surface area contributed by atoms with Crippen molar-refractivity contribution >= 4 is 49.9 Å². The van der Waals surface area contributed by atoms with Gasteiger partial charge in [0.1, 0.15) is 23.5 Å². The first-order chi connectivity index (χ1) is 22.5. The first-order valence-corrected chi connectivity index (χ1v) is 17.0. The van der Waals surface area contributed by atoms with Gasteiger partial charge >= 0.3 is 6.09 Å². The van der Waals surface area contributed by atoms with Crippen LogP contribution in [0.4, 0.5) is 25.2 Å². The van der Waals surface area contributed by atoms with Crippen LogP contribution in [0.3, 0.4) is 0 Å². The van der Waals surface area contributed by atoms with Crippen molar-refractivity contribution in [2.45, 2.75) is 38.2 Å². The highest BCUT2D eigenvalue weighted by Gasteiger charge is 2.30. The Morgan fingerprint density at radius 1 is 1.09 bits per heavy atom. The molecule has 1 saturated heterocycles. The van der Waals surface area contributed by atoms with Crippen molar-refractivity contribution in [1.82, 2.24) is 24.8 Å². The highest BCUT2D eigenvalue weighted by molar-refractivity contribution is 7.91. The molecule has 1 amide bonds. The zero-order valence-corrected chi connectivity index (χ0v) is 26.8. The highest BCUT2D eigenvalue weighted by atomic mass is 32.2. The summed E-state index contributed by atoms with van der Waals surface area (Å²) in [4.78, 5) is 29.8. The number of hydrogen-bond donors (Lipinski definition) is 3.